The van der Waals surface area contributed by atoms with Crippen LogP contribution in [-0.2, 0) is 14.6 Å². The number of nitrogens with zero attached hydrogens (tertiary/aromatic N) is 1. The molecule has 0 aliphatic carbocycles. The maximum atomic E-state index is 11.8. The van der Waals surface area contributed by atoms with E-state index in [2.05, 4.69) is 4.90 Å². The molecule has 7 heteroatoms. The van der Waals surface area contributed by atoms with E-state index in [-0.39, 0.29) is 23.7 Å². The van der Waals surface area contributed by atoms with Crippen LogP contribution in [-0.4, -0.2) is 61.8 Å². The molecule has 1 N–H and O–H groups in total. The third-order valence-corrected chi connectivity index (χ3v) is 6.85. The summed E-state index contributed by atoms with van der Waals surface area (Å²) in [5.41, 5.74) is 0.789. The minimum absolute atomic E-state index is 0.0406. The molecule has 1 aromatic carbocycles. The molecule has 5 nitrogen and oxygen atoms in total. The molecule has 0 saturated carbocycles. The Kier molecular flexibility index (Phi) is 5.82. The molecule has 134 valence electrons. The summed E-state index contributed by atoms with van der Waals surface area (Å²) in [4.78, 5) is 2.10. The van der Waals surface area contributed by atoms with E-state index in [0.29, 0.717) is 24.5 Å². The van der Waals surface area contributed by atoms with E-state index >= 15 is 0 Å². The zero-order valence-corrected chi connectivity index (χ0v) is 15.2. The quantitative estimate of drug-likeness (QED) is 0.826. The van der Waals surface area contributed by atoms with Gasteiger partial charge in [0.2, 0.25) is 0 Å². The van der Waals surface area contributed by atoms with E-state index in [1.165, 1.54) is 0 Å². The molecule has 2 aliphatic heterocycles. The summed E-state index contributed by atoms with van der Waals surface area (Å²) < 4.78 is 29.4. The first-order valence-electron chi connectivity index (χ1n) is 8.42. The molecule has 0 spiro atoms. The van der Waals surface area contributed by atoms with Crippen LogP contribution < -0.4 is 0 Å². The second-order valence-corrected chi connectivity index (χ2v) is 9.38. The first kappa shape index (κ1) is 18.1. The minimum atomic E-state index is -2.96. The standard InChI is InChI=1S/C17H24ClNO4S/c18-14-5-3-13(4-6-14)17(20)11-19(10-16-2-1-8-23-16)15-7-9-24(21,22)12-15/h3-6,15-17,20H,1-2,7-12H2/t15-,16-,17-/m1/s1. The van der Waals surface area contributed by atoms with Gasteiger partial charge >= 0.3 is 0 Å². The number of aliphatic hydroxyl groups is 1. The van der Waals surface area contributed by atoms with Gasteiger partial charge in [-0.1, -0.05) is 23.7 Å². The number of sulfone groups is 1. The zero-order chi connectivity index (χ0) is 17.2. The number of benzene rings is 1. The minimum Gasteiger partial charge on any atom is -0.387 e. The topological polar surface area (TPSA) is 66.8 Å². The SMILES string of the molecule is O=S1(=O)CC[C@@H](N(C[C@H]2CCCO2)C[C@@H](O)c2ccc(Cl)cc2)C1. The van der Waals surface area contributed by atoms with E-state index < -0.39 is 15.9 Å². The maximum absolute atomic E-state index is 11.8. The highest BCUT2D eigenvalue weighted by molar-refractivity contribution is 7.91. The monoisotopic (exact) mass is 373 g/mol. The highest BCUT2D eigenvalue weighted by Crippen LogP contribution is 2.25. The van der Waals surface area contributed by atoms with Crippen molar-refractivity contribution in [3.05, 3.63) is 34.9 Å². The Bertz CT molecular complexity index is 643. The van der Waals surface area contributed by atoms with Gasteiger partial charge in [0.05, 0.1) is 23.7 Å². The van der Waals surface area contributed by atoms with Gasteiger partial charge < -0.3 is 9.84 Å². The Morgan fingerprint density at radius 1 is 1.29 bits per heavy atom. The van der Waals surface area contributed by atoms with Crippen molar-refractivity contribution in [2.24, 2.45) is 0 Å². The van der Waals surface area contributed by atoms with E-state index in [4.69, 9.17) is 16.3 Å². The predicted molar refractivity (Wildman–Crippen MR) is 94.0 cm³/mol. The van der Waals surface area contributed by atoms with Gasteiger partial charge in [0.1, 0.15) is 0 Å². The largest absolute Gasteiger partial charge is 0.387 e. The summed E-state index contributed by atoms with van der Waals surface area (Å²) in [7, 11) is -2.96. The van der Waals surface area contributed by atoms with Crippen molar-refractivity contribution in [1.82, 2.24) is 4.90 Å². The van der Waals surface area contributed by atoms with Gasteiger partial charge in [0, 0.05) is 30.8 Å². The van der Waals surface area contributed by atoms with Crippen LogP contribution in [0.2, 0.25) is 5.02 Å². The lowest BCUT2D eigenvalue weighted by Crippen LogP contribution is -2.43. The molecule has 0 radical (unpaired) electrons. The van der Waals surface area contributed by atoms with Crippen molar-refractivity contribution >= 4 is 21.4 Å². The Morgan fingerprint density at radius 3 is 2.62 bits per heavy atom. The molecule has 2 fully saturated rings. The van der Waals surface area contributed by atoms with Gasteiger partial charge in [-0.3, -0.25) is 4.90 Å². The molecule has 2 saturated heterocycles. The van der Waals surface area contributed by atoms with Crippen molar-refractivity contribution < 1.29 is 18.3 Å². The third kappa shape index (κ3) is 4.70. The van der Waals surface area contributed by atoms with E-state index in [9.17, 15) is 13.5 Å². The fourth-order valence-corrected chi connectivity index (χ4v) is 5.39. The molecule has 0 aromatic heterocycles. The summed E-state index contributed by atoms with van der Waals surface area (Å²) >= 11 is 5.90. The van der Waals surface area contributed by atoms with Crippen LogP contribution in [0.1, 0.15) is 30.9 Å². The average Bonchev–Trinajstić information content (AvgIpc) is 3.16. The van der Waals surface area contributed by atoms with E-state index in [1.54, 1.807) is 12.1 Å². The number of halogens is 1. The summed E-state index contributed by atoms with van der Waals surface area (Å²) in [6.45, 7) is 1.84. The van der Waals surface area contributed by atoms with Crippen LogP contribution in [0.25, 0.3) is 0 Å². The summed E-state index contributed by atoms with van der Waals surface area (Å²) in [5, 5.41) is 11.2. The van der Waals surface area contributed by atoms with Crippen molar-refractivity contribution in [2.45, 2.75) is 37.5 Å². The van der Waals surface area contributed by atoms with Crippen molar-refractivity contribution in [2.75, 3.05) is 31.2 Å². The summed E-state index contributed by atoms with van der Waals surface area (Å²) in [6, 6.07) is 7.08. The van der Waals surface area contributed by atoms with Crippen molar-refractivity contribution in [3.63, 3.8) is 0 Å². The lowest BCUT2D eigenvalue weighted by molar-refractivity contribution is 0.0343. The van der Waals surface area contributed by atoms with Gasteiger partial charge in [-0.2, -0.15) is 0 Å². The normalized spacial score (nSPS) is 27.6. The molecule has 24 heavy (non-hydrogen) atoms. The summed E-state index contributed by atoms with van der Waals surface area (Å²) in [5.74, 6) is 0.407. The maximum Gasteiger partial charge on any atom is 0.151 e. The Labute approximate surface area is 148 Å². The zero-order valence-electron chi connectivity index (χ0n) is 13.6. The molecule has 1 aromatic rings. The van der Waals surface area contributed by atoms with Gasteiger partial charge in [0.25, 0.3) is 0 Å². The van der Waals surface area contributed by atoms with Crippen molar-refractivity contribution in [3.8, 4) is 0 Å². The molecule has 3 rings (SSSR count). The predicted octanol–water partition coefficient (Wildman–Crippen LogP) is 2.04. The second kappa shape index (κ2) is 7.70. The number of rotatable bonds is 6. The Hall–Kier alpha value is -0.660. The second-order valence-electron chi connectivity index (χ2n) is 6.71. The van der Waals surface area contributed by atoms with Gasteiger partial charge in [-0.05, 0) is 37.0 Å². The van der Waals surface area contributed by atoms with Crippen LogP contribution >= 0.6 is 11.6 Å². The van der Waals surface area contributed by atoms with Crippen LogP contribution in [0.5, 0.6) is 0 Å². The smallest absolute Gasteiger partial charge is 0.151 e. The molecular weight excluding hydrogens is 350 g/mol. The van der Waals surface area contributed by atoms with Gasteiger partial charge in [-0.15, -0.1) is 0 Å². The van der Waals surface area contributed by atoms with E-state index in [0.717, 1.165) is 25.0 Å². The molecular formula is C17H24ClNO4S. The molecule has 0 amide bonds. The number of aliphatic hydroxyl groups excluding tert-OH is 1. The molecule has 2 aliphatic rings. The van der Waals surface area contributed by atoms with Crippen LogP contribution in [0.4, 0.5) is 0 Å². The highest BCUT2D eigenvalue weighted by Gasteiger charge is 2.34. The number of hydrogen-bond donors (Lipinski definition) is 1. The third-order valence-electron chi connectivity index (χ3n) is 4.85. The fraction of sp³-hybridized carbons (Fsp3) is 0.647. The summed E-state index contributed by atoms with van der Waals surface area (Å²) in [6.07, 6.45) is 2.12. The molecule has 2 heterocycles. The first-order chi connectivity index (χ1) is 11.4. The van der Waals surface area contributed by atoms with Crippen LogP contribution in [0.3, 0.4) is 0 Å². The van der Waals surface area contributed by atoms with E-state index in [1.807, 2.05) is 12.1 Å². The molecule has 0 bridgehead atoms. The average molecular weight is 374 g/mol. The Balaban J connectivity index is 1.69. The highest BCUT2D eigenvalue weighted by atomic mass is 35.5. The molecule has 0 unspecified atom stereocenters. The van der Waals surface area contributed by atoms with Gasteiger partial charge in [0.15, 0.2) is 9.84 Å². The van der Waals surface area contributed by atoms with Gasteiger partial charge in [-0.25, -0.2) is 8.42 Å². The fourth-order valence-electron chi connectivity index (χ4n) is 3.50. The van der Waals surface area contributed by atoms with Crippen LogP contribution in [0, 0.1) is 0 Å². The van der Waals surface area contributed by atoms with Crippen molar-refractivity contribution in [1.29, 1.82) is 0 Å². The lowest BCUT2D eigenvalue weighted by Gasteiger charge is -2.32. The Morgan fingerprint density at radius 2 is 2.04 bits per heavy atom. The lowest BCUT2D eigenvalue weighted by atomic mass is 10.1. The molecule has 3 atom stereocenters. The number of ether oxygens (including phenoxy) is 1. The van der Waals surface area contributed by atoms with Crippen LogP contribution in [0.15, 0.2) is 24.3 Å². The first-order valence-corrected chi connectivity index (χ1v) is 10.6. The number of hydrogen-bond acceptors (Lipinski definition) is 5.